The molecule has 3 aromatic carbocycles. The van der Waals surface area contributed by atoms with Crippen LogP contribution in [-0.4, -0.2) is 24.9 Å². The van der Waals surface area contributed by atoms with E-state index in [4.69, 9.17) is 42.5 Å². The molecule has 2 atom stereocenters. The van der Waals surface area contributed by atoms with Crippen molar-refractivity contribution in [2.75, 3.05) is 14.2 Å². The molecule has 0 fully saturated rings. The first-order valence-electron chi connectivity index (χ1n) is 9.88. The molecule has 2 heterocycles. The fraction of sp³-hybridized carbons (Fsp3) is 0.208. The predicted molar refractivity (Wildman–Crippen MR) is 122 cm³/mol. The Balaban J connectivity index is 1.61. The summed E-state index contributed by atoms with van der Waals surface area (Å²) in [4.78, 5) is 0. The van der Waals surface area contributed by atoms with E-state index < -0.39 is 6.23 Å². The molecule has 31 heavy (non-hydrogen) atoms. The smallest absolute Gasteiger partial charge is 0.213 e. The van der Waals surface area contributed by atoms with Gasteiger partial charge in [-0.2, -0.15) is 5.10 Å². The van der Waals surface area contributed by atoms with E-state index in [0.717, 1.165) is 22.4 Å². The number of hydrazone groups is 1. The highest BCUT2D eigenvalue weighted by Gasteiger charge is 2.42. The van der Waals surface area contributed by atoms with Gasteiger partial charge in [0.2, 0.25) is 6.23 Å². The first-order valence-corrected chi connectivity index (χ1v) is 10.6. The maximum absolute atomic E-state index is 6.52. The SMILES string of the molecule is COc1ccc(C2=NN3[C@H](C2)c2cc(Cl)cc(Cl)c2O[C@H]3c2ccccc2)cc1OC. The lowest BCUT2D eigenvalue weighted by Gasteiger charge is -2.38. The summed E-state index contributed by atoms with van der Waals surface area (Å²) >= 11 is 12.8. The normalized spacial score (nSPS) is 19.2. The Morgan fingerprint density at radius 1 is 0.968 bits per heavy atom. The van der Waals surface area contributed by atoms with Crippen LogP contribution in [0.3, 0.4) is 0 Å². The van der Waals surface area contributed by atoms with Crippen LogP contribution in [0, 0.1) is 0 Å². The standard InChI is InChI=1S/C24H20Cl2N2O3/c1-29-21-9-8-15(10-22(21)30-2)19-13-20-17-11-16(25)12-18(26)23(17)31-24(28(20)27-19)14-6-4-3-5-7-14/h3-12,20,24H,13H2,1-2H3/t20-,24+/m1/s1. The Kier molecular flexibility index (Phi) is 5.16. The molecule has 5 nitrogen and oxygen atoms in total. The van der Waals surface area contributed by atoms with Crippen molar-refractivity contribution in [2.24, 2.45) is 5.10 Å². The molecule has 0 spiro atoms. The van der Waals surface area contributed by atoms with Gasteiger partial charge in [-0.3, -0.25) is 0 Å². The average Bonchev–Trinajstić information content (AvgIpc) is 3.24. The molecule has 0 radical (unpaired) electrons. The van der Waals surface area contributed by atoms with Crippen LogP contribution in [0.5, 0.6) is 17.2 Å². The van der Waals surface area contributed by atoms with Crippen LogP contribution in [0.4, 0.5) is 0 Å². The summed E-state index contributed by atoms with van der Waals surface area (Å²) in [6.07, 6.45) is 0.293. The first-order chi connectivity index (χ1) is 15.1. The van der Waals surface area contributed by atoms with Gasteiger partial charge in [0.05, 0.1) is 31.0 Å². The fourth-order valence-electron chi connectivity index (χ4n) is 4.14. The van der Waals surface area contributed by atoms with E-state index in [1.165, 1.54) is 0 Å². The number of benzene rings is 3. The van der Waals surface area contributed by atoms with Gasteiger partial charge in [0.25, 0.3) is 0 Å². The molecule has 7 heteroatoms. The number of nitrogens with zero attached hydrogens (tertiary/aromatic N) is 2. The highest BCUT2D eigenvalue weighted by Crippen LogP contribution is 2.51. The summed E-state index contributed by atoms with van der Waals surface area (Å²) in [5.41, 5.74) is 3.83. The van der Waals surface area contributed by atoms with Crippen LogP contribution in [0.15, 0.2) is 65.8 Å². The Morgan fingerprint density at radius 3 is 2.48 bits per heavy atom. The van der Waals surface area contributed by atoms with Gasteiger partial charge < -0.3 is 14.2 Å². The van der Waals surface area contributed by atoms with Crippen LogP contribution in [0.1, 0.15) is 35.4 Å². The van der Waals surface area contributed by atoms with Gasteiger partial charge in [0.15, 0.2) is 11.5 Å². The van der Waals surface area contributed by atoms with E-state index in [1.807, 2.05) is 59.6 Å². The molecule has 5 rings (SSSR count). The molecule has 0 N–H and O–H groups in total. The number of methoxy groups -OCH3 is 2. The zero-order chi connectivity index (χ0) is 21.5. The Labute approximate surface area is 190 Å². The van der Waals surface area contributed by atoms with Gasteiger partial charge >= 0.3 is 0 Å². The molecule has 0 saturated carbocycles. The minimum absolute atomic E-state index is 0.0479. The molecule has 0 saturated heterocycles. The molecule has 0 aliphatic carbocycles. The summed E-state index contributed by atoms with van der Waals surface area (Å²) in [6.45, 7) is 0. The van der Waals surface area contributed by atoms with Crippen molar-refractivity contribution in [3.8, 4) is 17.2 Å². The van der Waals surface area contributed by atoms with Gasteiger partial charge in [0.1, 0.15) is 5.75 Å². The third-order valence-corrected chi connectivity index (χ3v) is 6.11. The van der Waals surface area contributed by atoms with E-state index in [1.54, 1.807) is 20.3 Å². The maximum Gasteiger partial charge on any atom is 0.213 e. The van der Waals surface area contributed by atoms with Gasteiger partial charge in [-0.25, -0.2) is 5.01 Å². The number of hydrogen-bond acceptors (Lipinski definition) is 5. The van der Waals surface area contributed by atoms with E-state index in [2.05, 4.69) is 0 Å². The molecular formula is C24H20Cl2N2O3. The minimum atomic E-state index is -0.394. The lowest BCUT2D eigenvalue weighted by atomic mass is 9.95. The molecule has 2 aliphatic heterocycles. The van der Waals surface area contributed by atoms with Crippen molar-refractivity contribution in [1.82, 2.24) is 5.01 Å². The van der Waals surface area contributed by atoms with Crippen LogP contribution in [-0.2, 0) is 0 Å². The Bertz CT molecular complexity index is 1170. The van der Waals surface area contributed by atoms with Crippen molar-refractivity contribution in [3.05, 3.63) is 87.4 Å². The van der Waals surface area contributed by atoms with Crippen molar-refractivity contribution < 1.29 is 14.2 Å². The number of halogens is 2. The summed E-state index contributed by atoms with van der Waals surface area (Å²) in [5.74, 6) is 2.00. The van der Waals surface area contributed by atoms with Gasteiger partial charge in [-0.15, -0.1) is 0 Å². The van der Waals surface area contributed by atoms with E-state index in [9.17, 15) is 0 Å². The number of rotatable bonds is 4. The third-order valence-electron chi connectivity index (χ3n) is 5.61. The molecule has 0 bridgehead atoms. The van der Waals surface area contributed by atoms with Crippen molar-refractivity contribution in [3.63, 3.8) is 0 Å². The lowest BCUT2D eigenvalue weighted by Crippen LogP contribution is -2.33. The fourth-order valence-corrected chi connectivity index (χ4v) is 4.70. The zero-order valence-corrected chi connectivity index (χ0v) is 18.5. The maximum atomic E-state index is 6.52. The first kappa shape index (κ1) is 20.0. The van der Waals surface area contributed by atoms with Crippen LogP contribution < -0.4 is 14.2 Å². The molecule has 2 aliphatic rings. The highest BCUT2D eigenvalue weighted by molar-refractivity contribution is 6.35. The molecule has 0 amide bonds. The highest BCUT2D eigenvalue weighted by atomic mass is 35.5. The summed E-state index contributed by atoms with van der Waals surface area (Å²) < 4.78 is 17.2. The zero-order valence-electron chi connectivity index (χ0n) is 17.0. The van der Waals surface area contributed by atoms with E-state index >= 15 is 0 Å². The number of fused-ring (bicyclic) bond motifs is 3. The van der Waals surface area contributed by atoms with Gasteiger partial charge in [-0.05, 0) is 30.3 Å². The molecule has 0 unspecified atom stereocenters. The number of ether oxygens (including phenoxy) is 3. The van der Waals surface area contributed by atoms with Gasteiger partial charge in [0, 0.05) is 28.1 Å². The molecule has 158 valence electrons. The van der Waals surface area contributed by atoms with E-state index in [0.29, 0.717) is 33.7 Å². The second kappa shape index (κ2) is 7.98. The quantitative estimate of drug-likeness (QED) is 0.466. The van der Waals surface area contributed by atoms with Crippen LogP contribution in [0.2, 0.25) is 10.0 Å². The van der Waals surface area contributed by atoms with Crippen molar-refractivity contribution in [2.45, 2.75) is 18.7 Å². The topological polar surface area (TPSA) is 43.3 Å². The Morgan fingerprint density at radius 2 is 1.74 bits per heavy atom. The average molecular weight is 455 g/mol. The number of hydrogen-bond donors (Lipinski definition) is 0. The molecular weight excluding hydrogens is 435 g/mol. The molecule has 0 aromatic heterocycles. The van der Waals surface area contributed by atoms with Crippen molar-refractivity contribution >= 4 is 28.9 Å². The predicted octanol–water partition coefficient (Wildman–Crippen LogP) is 6.25. The largest absolute Gasteiger partial charge is 0.493 e. The third kappa shape index (κ3) is 3.48. The monoisotopic (exact) mass is 454 g/mol. The van der Waals surface area contributed by atoms with Crippen LogP contribution in [0.25, 0.3) is 0 Å². The second-order valence-electron chi connectivity index (χ2n) is 7.40. The van der Waals surface area contributed by atoms with Crippen LogP contribution >= 0.6 is 23.2 Å². The lowest BCUT2D eigenvalue weighted by molar-refractivity contribution is -0.0189. The van der Waals surface area contributed by atoms with Gasteiger partial charge in [-0.1, -0.05) is 53.5 Å². The second-order valence-corrected chi connectivity index (χ2v) is 8.25. The Hall–Kier alpha value is -2.89. The summed E-state index contributed by atoms with van der Waals surface area (Å²) in [5, 5.41) is 8.04. The minimum Gasteiger partial charge on any atom is -0.493 e. The van der Waals surface area contributed by atoms with Crippen molar-refractivity contribution in [1.29, 1.82) is 0 Å². The summed E-state index contributed by atoms with van der Waals surface area (Å²) in [6, 6.07) is 19.4. The van der Waals surface area contributed by atoms with E-state index in [-0.39, 0.29) is 6.04 Å². The summed E-state index contributed by atoms with van der Waals surface area (Å²) in [7, 11) is 3.25. The molecule has 3 aromatic rings.